The first-order valence-corrected chi connectivity index (χ1v) is 6.81. The van der Waals surface area contributed by atoms with Crippen LogP contribution in [0.3, 0.4) is 0 Å². The molecule has 1 saturated heterocycles. The van der Waals surface area contributed by atoms with Crippen LogP contribution >= 0.6 is 0 Å². The number of para-hydroxylation sites is 2. The number of rotatable bonds is 2. The van der Waals surface area contributed by atoms with Crippen LogP contribution in [0, 0.1) is 6.92 Å². The van der Waals surface area contributed by atoms with Crippen molar-refractivity contribution in [2.75, 3.05) is 20.1 Å². The summed E-state index contributed by atoms with van der Waals surface area (Å²) < 4.78 is 6.04. The summed E-state index contributed by atoms with van der Waals surface area (Å²) >= 11 is 0. The molecule has 0 unspecified atom stereocenters. The summed E-state index contributed by atoms with van der Waals surface area (Å²) in [7, 11) is 2.15. The highest BCUT2D eigenvalue weighted by molar-refractivity contribution is 5.74. The van der Waals surface area contributed by atoms with E-state index in [-0.39, 0.29) is 6.10 Å². The average Bonchev–Trinajstić information content (AvgIpc) is 2.42. The number of nitrogens with zero attached hydrogens (tertiary/aromatic N) is 3. The van der Waals surface area contributed by atoms with Crippen molar-refractivity contribution in [1.82, 2.24) is 14.9 Å². The van der Waals surface area contributed by atoms with Crippen molar-refractivity contribution < 1.29 is 4.74 Å². The van der Waals surface area contributed by atoms with Gasteiger partial charge in [0.25, 0.3) is 0 Å². The van der Waals surface area contributed by atoms with Gasteiger partial charge in [0.2, 0.25) is 5.88 Å². The van der Waals surface area contributed by atoms with Gasteiger partial charge in [-0.05, 0) is 38.9 Å². The smallest absolute Gasteiger partial charge is 0.236 e. The Labute approximate surface area is 113 Å². The van der Waals surface area contributed by atoms with Crippen LogP contribution in [0.4, 0.5) is 0 Å². The van der Waals surface area contributed by atoms with E-state index >= 15 is 0 Å². The highest BCUT2D eigenvalue weighted by atomic mass is 16.5. The van der Waals surface area contributed by atoms with Crippen molar-refractivity contribution in [2.24, 2.45) is 0 Å². The third-order valence-corrected chi connectivity index (χ3v) is 3.65. The number of piperidine rings is 1. The quantitative estimate of drug-likeness (QED) is 0.828. The lowest BCUT2D eigenvalue weighted by Crippen LogP contribution is -2.35. The maximum Gasteiger partial charge on any atom is 0.236 e. The number of aromatic nitrogens is 2. The van der Waals surface area contributed by atoms with Crippen LogP contribution < -0.4 is 4.74 Å². The molecule has 0 N–H and O–H groups in total. The SMILES string of the molecule is Cc1nc2ccccc2nc1OC1CCN(C)CC1. The highest BCUT2D eigenvalue weighted by Gasteiger charge is 2.19. The Balaban J connectivity index is 1.82. The van der Waals surface area contributed by atoms with Gasteiger partial charge >= 0.3 is 0 Å². The fourth-order valence-electron chi connectivity index (χ4n) is 2.44. The molecule has 100 valence electrons. The second kappa shape index (κ2) is 5.13. The lowest BCUT2D eigenvalue weighted by Gasteiger charge is -2.29. The lowest BCUT2D eigenvalue weighted by atomic mass is 10.1. The Bertz CT molecular complexity index is 577. The minimum Gasteiger partial charge on any atom is -0.473 e. The van der Waals surface area contributed by atoms with E-state index < -0.39 is 0 Å². The molecule has 1 aliphatic heterocycles. The molecule has 2 aromatic rings. The molecule has 3 rings (SSSR count). The molecule has 0 amide bonds. The minimum absolute atomic E-state index is 0.269. The standard InChI is InChI=1S/C15H19N3O/c1-11-15(19-12-7-9-18(2)10-8-12)17-14-6-4-3-5-13(14)16-11/h3-6,12H,7-10H2,1-2H3. The van der Waals surface area contributed by atoms with Crippen molar-refractivity contribution in [2.45, 2.75) is 25.9 Å². The maximum absolute atomic E-state index is 6.04. The Morgan fingerprint density at radius 3 is 2.42 bits per heavy atom. The predicted octanol–water partition coefficient (Wildman–Crippen LogP) is 2.41. The Hall–Kier alpha value is -1.68. The van der Waals surface area contributed by atoms with E-state index in [1.54, 1.807) is 0 Å². The average molecular weight is 257 g/mol. The monoisotopic (exact) mass is 257 g/mol. The van der Waals surface area contributed by atoms with Crippen molar-refractivity contribution in [1.29, 1.82) is 0 Å². The van der Waals surface area contributed by atoms with E-state index in [1.165, 1.54) is 0 Å². The molecule has 19 heavy (non-hydrogen) atoms. The van der Waals surface area contributed by atoms with E-state index in [1.807, 2.05) is 31.2 Å². The van der Waals surface area contributed by atoms with Gasteiger partial charge in [-0.3, -0.25) is 0 Å². The molecule has 4 nitrogen and oxygen atoms in total. The molecular formula is C15H19N3O. The van der Waals surface area contributed by atoms with Gasteiger partial charge in [0, 0.05) is 13.1 Å². The summed E-state index contributed by atoms with van der Waals surface area (Å²) in [5.41, 5.74) is 2.70. The molecule has 0 saturated carbocycles. The zero-order chi connectivity index (χ0) is 13.2. The molecule has 1 fully saturated rings. The molecule has 0 bridgehead atoms. The second-order valence-electron chi connectivity index (χ2n) is 5.22. The summed E-state index contributed by atoms with van der Waals surface area (Å²) in [6.45, 7) is 4.14. The Morgan fingerprint density at radius 2 is 1.74 bits per heavy atom. The largest absolute Gasteiger partial charge is 0.473 e. The van der Waals surface area contributed by atoms with Crippen molar-refractivity contribution in [3.63, 3.8) is 0 Å². The number of likely N-dealkylation sites (tertiary alicyclic amines) is 1. The summed E-state index contributed by atoms with van der Waals surface area (Å²) in [6, 6.07) is 7.91. The third-order valence-electron chi connectivity index (χ3n) is 3.65. The van der Waals surface area contributed by atoms with Crippen LogP contribution in [-0.2, 0) is 0 Å². The Morgan fingerprint density at radius 1 is 1.11 bits per heavy atom. The van der Waals surface area contributed by atoms with Crippen LogP contribution in [0.15, 0.2) is 24.3 Å². The van der Waals surface area contributed by atoms with E-state index in [0.717, 1.165) is 42.7 Å². The normalized spacial score (nSPS) is 17.8. The molecule has 0 radical (unpaired) electrons. The van der Waals surface area contributed by atoms with Crippen LogP contribution in [0.5, 0.6) is 5.88 Å². The number of fused-ring (bicyclic) bond motifs is 1. The van der Waals surface area contributed by atoms with Gasteiger partial charge in [-0.25, -0.2) is 9.97 Å². The first-order chi connectivity index (χ1) is 9.22. The molecule has 1 aromatic carbocycles. The van der Waals surface area contributed by atoms with Gasteiger partial charge < -0.3 is 9.64 Å². The highest BCUT2D eigenvalue weighted by Crippen LogP contribution is 2.21. The fraction of sp³-hybridized carbons (Fsp3) is 0.467. The van der Waals surface area contributed by atoms with Crippen molar-refractivity contribution in [3.05, 3.63) is 30.0 Å². The minimum atomic E-state index is 0.269. The summed E-state index contributed by atoms with van der Waals surface area (Å²) in [6.07, 6.45) is 2.39. The summed E-state index contributed by atoms with van der Waals surface area (Å²) in [4.78, 5) is 11.5. The van der Waals surface area contributed by atoms with Crippen LogP contribution in [0.1, 0.15) is 18.5 Å². The zero-order valence-corrected chi connectivity index (χ0v) is 11.5. The molecule has 1 aromatic heterocycles. The number of benzene rings is 1. The Kier molecular flexibility index (Phi) is 3.34. The van der Waals surface area contributed by atoms with Gasteiger partial charge in [0.15, 0.2) is 0 Å². The first kappa shape index (κ1) is 12.4. The van der Waals surface area contributed by atoms with Gasteiger partial charge in [-0.15, -0.1) is 0 Å². The van der Waals surface area contributed by atoms with Crippen molar-refractivity contribution in [3.8, 4) is 5.88 Å². The molecule has 4 heteroatoms. The number of hydrogen-bond acceptors (Lipinski definition) is 4. The number of aryl methyl sites for hydroxylation is 1. The zero-order valence-electron chi connectivity index (χ0n) is 11.5. The molecule has 2 heterocycles. The first-order valence-electron chi connectivity index (χ1n) is 6.81. The van der Waals surface area contributed by atoms with Crippen LogP contribution in [0.25, 0.3) is 11.0 Å². The molecule has 1 aliphatic rings. The van der Waals surface area contributed by atoms with Crippen LogP contribution in [-0.4, -0.2) is 41.1 Å². The van der Waals surface area contributed by atoms with E-state index in [2.05, 4.69) is 21.9 Å². The van der Waals surface area contributed by atoms with Gasteiger partial charge in [0.1, 0.15) is 11.8 Å². The van der Waals surface area contributed by atoms with Crippen LogP contribution in [0.2, 0.25) is 0 Å². The number of ether oxygens (including phenoxy) is 1. The fourth-order valence-corrected chi connectivity index (χ4v) is 2.44. The summed E-state index contributed by atoms with van der Waals surface area (Å²) in [5, 5.41) is 0. The predicted molar refractivity (Wildman–Crippen MR) is 75.4 cm³/mol. The molecular weight excluding hydrogens is 238 g/mol. The van der Waals surface area contributed by atoms with E-state index in [0.29, 0.717) is 5.88 Å². The molecule has 0 atom stereocenters. The summed E-state index contributed by atoms with van der Waals surface area (Å²) in [5.74, 6) is 0.688. The van der Waals surface area contributed by atoms with Gasteiger partial charge in [-0.2, -0.15) is 0 Å². The lowest BCUT2D eigenvalue weighted by molar-refractivity contribution is 0.109. The van der Waals surface area contributed by atoms with Crippen molar-refractivity contribution >= 4 is 11.0 Å². The second-order valence-corrected chi connectivity index (χ2v) is 5.22. The number of hydrogen-bond donors (Lipinski definition) is 0. The molecule has 0 aliphatic carbocycles. The van der Waals surface area contributed by atoms with Gasteiger partial charge in [0.05, 0.1) is 11.0 Å². The topological polar surface area (TPSA) is 38.3 Å². The molecule has 0 spiro atoms. The van der Waals surface area contributed by atoms with E-state index in [9.17, 15) is 0 Å². The van der Waals surface area contributed by atoms with Gasteiger partial charge in [-0.1, -0.05) is 12.1 Å². The van der Waals surface area contributed by atoms with E-state index in [4.69, 9.17) is 4.74 Å². The third kappa shape index (κ3) is 2.68. The maximum atomic E-state index is 6.04.